The van der Waals surface area contributed by atoms with Gasteiger partial charge in [-0.05, 0) is 30.7 Å². The van der Waals surface area contributed by atoms with Crippen LogP contribution in [-0.4, -0.2) is 24.5 Å². The van der Waals surface area contributed by atoms with Gasteiger partial charge in [0.15, 0.2) is 0 Å². The van der Waals surface area contributed by atoms with Gasteiger partial charge in [-0.3, -0.25) is 4.79 Å². The van der Waals surface area contributed by atoms with Gasteiger partial charge in [0.1, 0.15) is 5.54 Å². The number of benzene rings is 2. The topological polar surface area (TPSA) is 55.4 Å². The van der Waals surface area contributed by atoms with Gasteiger partial charge in [-0.15, -0.1) is 6.58 Å². The van der Waals surface area contributed by atoms with Crippen LogP contribution in [0.4, 0.5) is 0 Å². The third-order valence-electron chi connectivity index (χ3n) is 4.12. The molecule has 2 aromatic rings. The summed E-state index contributed by atoms with van der Waals surface area (Å²) < 4.78 is 5.80. The van der Waals surface area contributed by atoms with Crippen LogP contribution < -0.4 is 5.32 Å². The molecule has 2 atom stereocenters. The minimum Gasteiger partial charge on any atom is -0.467 e. The number of carbonyl (C=O) groups is 2. The highest BCUT2D eigenvalue weighted by Crippen LogP contribution is 2.35. The number of nitrogens with one attached hydrogen (secondary N) is 1. The second-order valence-electron chi connectivity index (χ2n) is 5.75. The van der Waals surface area contributed by atoms with Crippen LogP contribution in [0.2, 0.25) is 0 Å². The van der Waals surface area contributed by atoms with Gasteiger partial charge in [0, 0.05) is 16.0 Å². The Morgan fingerprint density at radius 1 is 1.16 bits per heavy atom. The SMILES string of the molecule is C=C[C@H](c1ccccc1Br)[C@@](C)(NC(=O)c1ccccc1)C(=O)OC. The Morgan fingerprint density at radius 2 is 1.76 bits per heavy atom. The van der Waals surface area contributed by atoms with Gasteiger partial charge < -0.3 is 10.1 Å². The van der Waals surface area contributed by atoms with Crippen molar-refractivity contribution in [2.75, 3.05) is 7.11 Å². The first-order chi connectivity index (χ1) is 11.9. The summed E-state index contributed by atoms with van der Waals surface area (Å²) in [5.74, 6) is -1.38. The lowest BCUT2D eigenvalue weighted by molar-refractivity contribution is -0.148. The first-order valence-electron chi connectivity index (χ1n) is 7.77. The first-order valence-corrected chi connectivity index (χ1v) is 8.56. The Morgan fingerprint density at radius 3 is 2.32 bits per heavy atom. The summed E-state index contributed by atoms with van der Waals surface area (Å²) in [6.07, 6.45) is 1.64. The number of hydrogen-bond acceptors (Lipinski definition) is 3. The van der Waals surface area contributed by atoms with Crippen LogP contribution in [0.15, 0.2) is 71.7 Å². The van der Waals surface area contributed by atoms with Gasteiger partial charge in [0.2, 0.25) is 0 Å². The summed E-state index contributed by atoms with van der Waals surface area (Å²) in [7, 11) is 1.30. The van der Waals surface area contributed by atoms with Crippen molar-refractivity contribution in [1.82, 2.24) is 5.32 Å². The molecule has 0 aliphatic rings. The maximum absolute atomic E-state index is 12.7. The van der Waals surface area contributed by atoms with Crippen molar-refractivity contribution in [3.05, 3.63) is 82.9 Å². The lowest BCUT2D eigenvalue weighted by Crippen LogP contribution is -2.56. The van der Waals surface area contributed by atoms with E-state index in [1.807, 2.05) is 30.3 Å². The molecule has 1 amide bonds. The zero-order valence-electron chi connectivity index (χ0n) is 14.2. The Kier molecular flexibility index (Phi) is 6.15. The van der Waals surface area contributed by atoms with Crippen LogP contribution in [0.5, 0.6) is 0 Å². The lowest BCUT2D eigenvalue weighted by Gasteiger charge is -2.35. The molecular weight excluding hydrogens is 382 g/mol. The van der Waals surface area contributed by atoms with Gasteiger partial charge in [0.05, 0.1) is 7.11 Å². The van der Waals surface area contributed by atoms with E-state index in [1.165, 1.54) is 7.11 Å². The van der Waals surface area contributed by atoms with Crippen molar-refractivity contribution in [3.63, 3.8) is 0 Å². The van der Waals surface area contributed by atoms with Gasteiger partial charge in [-0.1, -0.05) is 58.4 Å². The second-order valence-corrected chi connectivity index (χ2v) is 6.60. The van der Waals surface area contributed by atoms with E-state index in [-0.39, 0.29) is 5.91 Å². The standard InChI is InChI=1S/C20H20BrNO3/c1-4-16(15-12-8-9-13-17(15)21)20(2,19(24)25-3)22-18(23)14-10-6-5-7-11-14/h4-13,16H,1H2,2-3H3,(H,22,23)/t16-,20-/m1/s1. The average molecular weight is 402 g/mol. The van der Waals surface area contributed by atoms with Crippen molar-refractivity contribution in [2.24, 2.45) is 0 Å². The van der Waals surface area contributed by atoms with E-state index < -0.39 is 17.4 Å². The maximum Gasteiger partial charge on any atom is 0.332 e. The fourth-order valence-electron chi connectivity index (χ4n) is 2.77. The number of hydrogen-bond donors (Lipinski definition) is 1. The van der Waals surface area contributed by atoms with Crippen LogP contribution in [0.1, 0.15) is 28.8 Å². The molecule has 25 heavy (non-hydrogen) atoms. The van der Waals surface area contributed by atoms with E-state index in [1.54, 1.807) is 37.3 Å². The minimum atomic E-state index is -1.31. The summed E-state index contributed by atoms with van der Waals surface area (Å²) in [5.41, 5.74) is -0.0147. The smallest absolute Gasteiger partial charge is 0.332 e. The molecule has 0 saturated heterocycles. The molecule has 0 aromatic heterocycles. The quantitative estimate of drug-likeness (QED) is 0.585. The third kappa shape index (κ3) is 3.99. The second kappa shape index (κ2) is 8.12. The van der Waals surface area contributed by atoms with Crippen molar-refractivity contribution in [2.45, 2.75) is 18.4 Å². The van der Waals surface area contributed by atoms with Gasteiger partial charge in [-0.2, -0.15) is 0 Å². The molecule has 0 aliphatic heterocycles. The van der Waals surface area contributed by atoms with E-state index in [0.717, 1.165) is 10.0 Å². The number of methoxy groups -OCH3 is 1. The predicted molar refractivity (Wildman–Crippen MR) is 101 cm³/mol. The third-order valence-corrected chi connectivity index (χ3v) is 4.84. The minimum absolute atomic E-state index is 0.354. The Labute approximate surface area is 156 Å². The van der Waals surface area contributed by atoms with E-state index in [2.05, 4.69) is 27.8 Å². The van der Waals surface area contributed by atoms with Gasteiger partial charge >= 0.3 is 5.97 Å². The van der Waals surface area contributed by atoms with Crippen molar-refractivity contribution in [1.29, 1.82) is 0 Å². The summed E-state index contributed by atoms with van der Waals surface area (Å²) in [6.45, 7) is 5.51. The lowest BCUT2D eigenvalue weighted by atomic mass is 9.80. The Bertz CT molecular complexity index is 776. The molecule has 4 nitrogen and oxygen atoms in total. The summed E-state index contributed by atoms with van der Waals surface area (Å²) in [5, 5.41) is 2.83. The molecule has 2 aromatic carbocycles. The molecule has 0 radical (unpaired) electrons. The van der Waals surface area contributed by atoms with E-state index in [0.29, 0.717) is 5.56 Å². The molecule has 0 unspecified atom stereocenters. The number of ether oxygens (including phenoxy) is 1. The average Bonchev–Trinajstić information content (AvgIpc) is 2.63. The van der Waals surface area contributed by atoms with E-state index in [4.69, 9.17) is 4.74 Å². The van der Waals surface area contributed by atoms with E-state index >= 15 is 0 Å². The predicted octanol–water partition coefficient (Wildman–Crippen LogP) is 4.08. The number of halogens is 1. The van der Waals surface area contributed by atoms with Gasteiger partial charge in [0.25, 0.3) is 5.91 Å². The molecule has 5 heteroatoms. The zero-order valence-corrected chi connectivity index (χ0v) is 15.7. The van der Waals surface area contributed by atoms with Crippen LogP contribution in [-0.2, 0) is 9.53 Å². The molecule has 0 bridgehead atoms. The largest absolute Gasteiger partial charge is 0.467 e. The van der Waals surface area contributed by atoms with Gasteiger partial charge in [-0.25, -0.2) is 4.79 Å². The highest BCUT2D eigenvalue weighted by molar-refractivity contribution is 9.10. The Hall–Kier alpha value is -2.40. The molecule has 2 rings (SSSR count). The molecule has 0 fully saturated rings. The number of amides is 1. The molecule has 130 valence electrons. The maximum atomic E-state index is 12.7. The molecule has 0 spiro atoms. The summed E-state index contributed by atoms with van der Waals surface area (Å²) in [4.78, 5) is 25.2. The zero-order chi connectivity index (χ0) is 18.4. The van der Waals surface area contributed by atoms with Crippen molar-refractivity contribution < 1.29 is 14.3 Å². The number of carbonyl (C=O) groups excluding carboxylic acids is 2. The molecule has 1 N–H and O–H groups in total. The van der Waals surface area contributed by atoms with Crippen LogP contribution in [0.3, 0.4) is 0 Å². The molecular formula is C20H20BrNO3. The van der Waals surface area contributed by atoms with E-state index in [9.17, 15) is 9.59 Å². The molecule has 0 heterocycles. The van der Waals surface area contributed by atoms with Crippen LogP contribution >= 0.6 is 15.9 Å². The fraction of sp³-hybridized carbons (Fsp3) is 0.200. The summed E-state index contributed by atoms with van der Waals surface area (Å²) in [6, 6.07) is 16.2. The number of esters is 1. The number of rotatable bonds is 6. The van der Waals surface area contributed by atoms with Crippen LogP contribution in [0.25, 0.3) is 0 Å². The highest BCUT2D eigenvalue weighted by atomic mass is 79.9. The summed E-state index contributed by atoms with van der Waals surface area (Å²) >= 11 is 3.50. The Balaban J connectivity index is 2.46. The highest BCUT2D eigenvalue weighted by Gasteiger charge is 2.44. The molecule has 0 saturated carbocycles. The normalized spacial score (nSPS) is 14.0. The van der Waals surface area contributed by atoms with Crippen LogP contribution in [0, 0.1) is 0 Å². The molecule has 0 aliphatic carbocycles. The van der Waals surface area contributed by atoms with Crippen molar-refractivity contribution in [3.8, 4) is 0 Å². The monoisotopic (exact) mass is 401 g/mol. The first kappa shape index (κ1) is 18.9. The van der Waals surface area contributed by atoms with Crippen molar-refractivity contribution >= 4 is 27.8 Å². The fourth-order valence-corrected chi connectivity index (χ4v) is 3.30.